The van der Waals surface area contributed by atoms with Crippen molar-refractivity contribution in [3.63, 3.8) is 0 Å². The van der Waals surface area contributed by atoms with E-state index in [2.05, 4.69) is 5.32 Å². The highest BCUT2D eigenvalue weighted by Gasteiger charge is 2.23. The number of likely N-dealkylation sites (tertiary alicyclic amines) is 1. The number of carbonyl (C=O) groups excluding carboxylic acids is 1. The van der Waals surface area contributed by atoms with Crippen molar-refractivity contribution in [3.8, 4) is 0 Å². The lowest BCUT2D eigenvalue weighted by Crippen LogP contribution is -2.38. The fourth-order valence-corrected chi connectivity index (χ4v) is 2.97. The Bertz CT molecular complexity index is 342. The van der Waals surface area contributed by atoms with Crippen LogP contribution in [0, 0.1) is 5.92 Å². The molecule has 1 fully saturated rings. The average Bonchev–Trinajstić information content (AvgIpc) is 2.90. The van der Waals surface area contributed by atoms with Gasteiger partial charge in [0.25, 0.3) is 5.91 Å². The number of thiophene rings is 1. The quantitative estimate of drug-likeness (QED) is 0.891. The lowest BCUT2D eigenvalue weighted by molar-refractivity contribution is 0.0687. The first-order valence-electron chi connectivity index (χ1n) is 6.27. The van der Waals surface area contributed by atoms with Crippen LogP contribution in [0.2, 0.25) is 0 Å². The van der Waals surface area contributed by atoms with Gasteiger partial charge in [-0.1, -0.05) is 0 Å². The lowest BCUT2D eigenvalue weighted by Gasteiger charge is -2.31. The summed E-state index contributed by atoms with van der Waals surface area (Å²) in [4.78, 5) is 14.1. The number of piperidine rings is 1. The zero-order valence-corrected chi connectivity index (χ0v) is 11.1. The van der Waals surface area contributed by atoms with Gasteiger partial charge < -0.3 is 10.2 Å². The molecule has 4 heteroatoms. The molecule has 0 atom stereocenters. The molecule has 1 amide bonds. The molecule has 0 bridgehead atoms. The van der Waals surface area contributed by atoms with Crippen LogP contribution in [0.5, 0.6) is 0 Å². The van der Waals surface area contributed by atoms with Crippen LogP contribution in [0.3, 0.4) is 0 Å². The van der Waals surface area contributed by atoms with Gasteiger partial charge in [-0.2, -0.15) is 11.3 Å². The topological polar surface area (TPSA) is 32.3 Å². The monoisotopic (exact) mass is 252 g/mol. The van der Waals surface area contributed by atoms with Crippen molar-refractivity contribution in [1.29, 1.82) is 0 Å². The van der Waals surface area contributed by atoms with Crippen LogP contribution in [0.25, 0.3) is 0 Å². The van der Waals surface area contributed by atoms with Crippen molar-refractivity contribution in [3.05, 3.63) is 22.4 Å². The maximum atomic E-state index is 12.1. The molecule has 1 aliphatic rings. The number of nitrogens with one attached hydrogen (secondary N) is 1. The summed E-state index contributed by atoms with van der Waals surface area (Å²) in [6.07, 6.45) is 3.53. The number of rotatable bonds is 4. The van der Waals surface area contributed by atoms with E-state index in [-0.39, 0.29) is 5.91 Å². The molecule has 1 saturated heterocycles. The van der Waals surface area contributed by atoms with Crippen molar-refractivity contribution in [2.45, 2.75) is 19.3 Å². The first-order chi connectivity index (χ1) is 8.31. The standard InChI is InChI=1S/C13H20N2OS/c1-14-6-2-11-3-7-15(8-4-11)13(16)12-5-9-17-10-12/h5,9-11,14H,2-4,6-8H2,1H3. The molecule has 0 radical (unpaired) electrons. The average molecular weight is 252 g/mol. The van der Waals surface area contributed by atoms with Crippen LogP contribution in [-0.4, -0.2) is 37.5 Å². The van der Waals surface area contributed by atoms with Gasteiger partial charge in [0.15, 0.2) is 0 Å². The maximum absolute atomic E-state index is 12.1. The molecule has 0 aromatic carbocycles. The van der Waals surface area contributed by atoms with E-state index in [1.54, 1.807) is 11.3 Å². The highest BCUT2D eigenvalue weighted by Crippen LogP contribution is 2.21. The number of nitrogens with zero attached hydrogens (tertiary/aromatic N) is 1. The van der Waals surface area contributed by atoms with Gasteiger partial charge in [0.1, 0.15) is 0 Å². The molecule has 2 rings (SSSR count). The Hall–Kier alpha value is -0.870. The highest BCUT2D eigenvalue weighted by atomic mass is 32.1. The molecule has 3 nitrogen and oxygen atoms in total. The molecule has 0 aliphatic carbocycles. The molecule has 2 heterocycles. The molecular formula is C13H20N2OS. The van der Waals surface area contributed by atoms with Gasteiger partial charge in [0, 0.05) is 18.5 Å². The largest absolute Gasteiger partial charge is 0.339 e. The Morgan fingerprint density at radius 3 is 2.88 bits per heavy atom. The Morgan fingerprint density at radius 2 is 2.29 bits per heavy atom. The van der Waals surface area contributed by atoms with Crippen LogP contribution in [0.4, 0.5) is 0 Å². The lowest BCUT2D eigenvalue weighted by atomic mass is 9.93. The van der Waals surface area contributed by atoms with Gasteiger partial charge in [0.2, 0.25) is 0 Å². The zero-order valence-electron chi connectivity index (χ0n) is 10.3. The number of hydrogen-bond donors (Lipinski definition) is 1. The fraction of sp³-hybridized carbons (Fsp3) is 0.615. The molecule has 0 spiro atoms. The van der Waals surface area contributed by atoms with E-state index in [0.717, 1.165) is 44.0 Å². The molecule has 1 aromatic heterocycles. The summed E-state index contributed by atoms with van der Waals surface area (Å²) in [6, 6.07) is 1.92. The predicted molar refractivity (Wildman–Crippen MR) is 71.5 cm³/mol. The minimum absolute atomic E-state index is 0.207. The van der Waals surface area contributed by atoms with Crippen molar-refractivity contribution < 1.29 is 4.79 Å². The fourth-order valence-electron chi connectivity index (χ4n) is 2.34. The molecule has 0 saturated carbocycles. The van der Waals surface area contributed by atoms with Crippen molar-refractivity contribution in [2.24, 2.45) is 5.92 Å². The second-order valence-electron chi connectivity index (χ2n) is 4.64. The summed E-state index contributed by atoms with van der Waals surface area (Å²) in [5.41, 5.74) is 0.851. The zero-order chi connectivity index (χ0) is 12.1. The first-order valence-corrected chi connectivity index (χ1v) is 7.21. The van der Waals surface area contributed by atoms with Gasteiger partial charge >= 0.3 is 0 Å². The van der Waals surface area contributed by atoms with E-state index in [0.29, 0.717) is 0 Å². The minimum Gasteiger partial charge on any atom is -0.339 e. The number of amides is 1. The van der Waals surface area contributed by atoms with Gasteiger partial charge in [-0.3, -0.25) is 4.79 Å². The molecule has 17 heavy (non-hydrogen) atoms. The van der Waals surface area contributed by atoms with E-state index in [1.165, 1.54) is 6.42 Å². The van der Waals surface area contributed by atoms with Crippen molar-refractivity contribution >= 4 is 17.2 Å². The van der Waals surface area contributed by atoms with Crippen molar-refractivity contribution in [2.75, 3.05) is 26.7 Å². The number of carbonyl (C=O) groups is 1. The molecular weight excluding hydrogens is 232 g/mol. The van der Waals surface area contributed by atoms with Crippen LogP contribution in [0.15, 0.2) is 16.8 Å². The summed E-state index contributed by atoms with van der Waals surface area (Å²) in [6.45, 7) is 2.93. The van der Waals surface area contributed by atoms with E-state index >= 15 is 0 Å². The van der Waals surface area contributed by atoms with Crippen LogP contribution in [-0.2, 0) is 0 Å². The van der Waals surface area contributed by atoms with E-state index in [4.69, 9.17) is 0 Å². The van der Waals surface area contributed by atoms with Gasteiger partial charge in [-0.15, -0.1) is 0 Å². The Labute approximate surface area is 107 Å². The molecule has 94 valence electrons. The second-order valence-corrected chi connectivity index (χ2v) is 5.42. The van der Waals surface area contributed by atoms with Crippen LogP contribution < -0.4 is 5.32 Å². The molecule has 0 unspecified atom stereocenters. The first kappa shape index (κ1) is 12.6. The summed E-state index contributed by atoms with van der Waals surface area (Å²) in [5.74, 6) is 0.993. The Kier molecular flexibility index (Phi) is 4.57. The third-order valence-electron chi connectivity index (χ3n) is 3.47. The summed E-state index contributed by atoms with van der Waals surface area (Å²) in [5, 5.41) is 7.10. The second kappa shape index (κ2) is 6.17. The maximum Gasteiger partial charge on any atom is 0.254 e. The summed E-state index contributed by atoms with van der Waals surface area (Å²) in [7, 11) is 2.00. The van der Waals surface area contributed by atoms with Crippen molar-refractivity contribution in [1.82, 2.24) is 10.2 Å². The van der Waals surface area contributed by atoms with E-state index < -0.39 is 0 Å². The van der Waals surface area contributed by atoms with Crippen LogP contribution in [0.1, 0.15) is 29.6 Å². The molecule has 1 N–H and O–H groups in total. The van der Waals surface area contributed by atoms with Gasteiger partial charge in [-0.05, 0) is 50.2 Å². The van der Waals surface area contributed by atoms with E-state index in [9.17, 15) is 4.79 Å². The Balaban J connectivity index is 1.81. The Morgan fingerprint density at radius 1 is 1.53 bits per heavy atom. The molecule has 1 aliphatic heterocycles. The van der Waals surface area contributed by atoms with Crippen LogP contribution >= 0.6 is 11.3 Å². The van der Waals surface area contributed by atoms with E-state index in [1.807, 2.05) is 28.8 Å². The SMILES string of the molecule is CNCCC1CCN(C(=O)c2ccsc2)CC1. The van der Waals surface area contributed by atoms with Gasteiger partial charge in [-0.25, -0.2) is 0 Å². The molecule has 1 aromatic rings. The normalized spacial score (nSPS) is 17.4. The summed E-state index contributed by atoms with van der Waals surface area (Å²) < 4.78 is 0. The predicted octanol–water partition coefficient (Wildman–Crippen LogP) is 2.21. The summed E-state index contributed by atoms with van der Waals surface area (Å²) >= 11 is 1.59. The van der Waals surface area contributed by atoms with Gasteiger partial charge in [0.05, 0.1) is 5.56 Å². The third kappa shape index (κ3) is 3.30. The minimum atomic E-state index is 0.207. The smallest absolute Gasteiger partial charge is 0.254 e. The third-order valence-corrected chi connectivity index (χ3v) is 4.16. The number of hydrogen-bond acceptors (Lipinski definition) is 3. The highest BCUT2D eigenvalue weighted by molar-refractivity contribution is 7.08.